The number of amides is 1. The number of Topliss-reactive ketones (excluding diaryl/α,β-unsaturated/α-hetero) is 1. The molecule has 1 aromatic rings. The van der Waals surface area contributed by atoms with Gasteiger partial charge in [0.15, 0.2) is 0 Å². The average molecular weight is 326 g/mol. The highest BCUT2D eigenvalue weighted by molar-refractivity contribution is 6.31. The Kier molecular flexibility index (Phi) is 6.42. The third-order valence-electron chi connectivity index (χ3n) is 3.10. The lowest BCUT2D eigenvalue weighted by molar-refractivity contribution is -0.121. The molecule has 0 aliphatic rings. The van der Waals surface area contributed by atoms with E-state index in [1.807, 2.05) is 19.1 Å². The molecule has 1 rings (SSSR count). The summed E-state index contributed by atoms with van der Waals surface area (Å²) in [6.07, 6.45) is -0.177. The van der Waals surface area contributed by atoms with Gasteiger partial charge in [0.05, 0.1) is 0 Å². The molecule has 0 saturated heterocycles. The number of rotatable bonds is 5. The minimum Gasteiger partial charge on any atom is -0.444 e. The van der Waals surface area contributed by atoms with Gasteiger partial charge >= 0.3 is 6.09 Å². The van der Waals surface area contributed by atoms with E-state index in [1.165, 1.54) is 0 Å². The van der Waals surface area contributed by atoms with Gasteiger partial charge in [-0.1, -0.05) is 30.7 Å². The summed E-state index contributed by atoms with van der Waals surface area (Å²) in [5, 5.41) is 3.31. The third-order valence-corrected chi connectivity index (χ3v) is 3.53. The number of alkyl carbamates (subject to hydrolysis) is 1. The Bertz CT molecular complexity index is 549. The third kappa shape index (κ3) is 6.48. The molecular weight excluding hydrogens is 302 g/mol. The van der Waals surface area contributed by atoms with Gasteiger partial charge in [-0.05, 0) is 44.9 Å². The van der Waals surface area contributed by atoms with Crippen LogP contribution in [0.5, 0.6) is 0 Å². The van der Waals surface area contributed by atoms with E-state index < -0.39 is 11.7 Å². The molecule has 0 saturated carbocycles. The zero-order valence-corrected chi connectivity index (χ0v) is 14.6. The second kappa shape index (κ2) is 7.63. The second-order valence-electron chi connectivity index (χ2n) is 6.51. The summed E-state index contributed by atoms with van der Waals surface area (Å²) in [4.78, 5) is 23.7. The van der Waals surface area contributed by atoms with E-state index >= 15 is 0 Å². The molecule has 1 atom stereocenters. The van der Waals surface area contributed by atoms with Gasteiger partial charge in [-0.2, -0.15) is 0 Å². The molecule has 1 aromatic carbocycles. The van der Waals surface area contributed by atoms with Crippen molar-refractivity contribution in [1.29, 1.82) is 0 Å². The normalized spacial score (nSPS) is 12.6. The van der Waals surface area contributed by atoms with Crippen molar-refractivity contribution in [2.45, 2.75) is 46.6 Å². The Hall–Kier alpha value is -1.55. The smallest absolute Gasteiger partial charge is 0.407 e. The van der Waals surface area contributed by atoms with Crippen molar-refractivity contribution in [2.75, 3.05) is 6.54 Å². The fourth-order valence-corrected chi connectivity index (χ4v) is 1.97. The Labute approximate surface area is 137 Å². The van der Waals surface area contributed by atoms with Crippen LogP contribution < -0.4 is 5.32 Å². The largest absolute Gasteiger partial charge is 0.444 e. The van der Waals surface area contributed by atoms with Crippen molar-refractivity contribution in [3.63, 3.8) is 0 Å². The molecule has 0 fully saturated rings. The van der Waals surface area contributed by atoms with Gasteiger partial charge in [0.1, 0.15) is 11.4 Å². The summed E-state index contributed by atoms with van der Waals surface area (Å²) in [5.74, 6) is -0.207. The average Bonchev–Trinajstić information content (AvgIpc) is 2.38. The first-order valence-electron chi connectivity index (χ1n) is 7.33. The van der Waals surface area contributed by atoms with Crippen LogP contribution in [0.25, 0.3) is 0 Å². The van der Waals surface area contributed by atoms with Crippen LogP contribution in [-0.4, -0.2) is 24.0 Å². The van der Waals surface area contributed by atoms with Crippen molar-refractivity contribution in [2.24, 2.45) is 5.92 Å². The van der Waals surface area contributed by atoms with Gasteiger partial charge in [-0.3, -0.25) is 4.79 Å². The van der Waals surface area contributed by atoms with E-state index in [-0.39, 0.29) is 18.2 Å². The van der Waals surface area contributed by atoms with E-state index in [9.17, 15) is 9.59 Å². The summed E-state index contributed by atoms with van der Waals surface area (Å²) in [5.41, 5.74) is 1.33. The molecule has 0 aromatic heterocycles. The van der Waals surface area contributed by atoms with Gasteiger partial charge in [0, 0.05) is 23.9 Å². The Balaban J connectivity index is 2.48. The van der Waals surface area contributed by atoms with Crippen molar-refractivity contribution in [3.05, 3.63) is 34.3 Å². The first-order valence-corrected chi connectivity index (χ1v) is 7.71. The maximum Gasteiger partial charge on any atom is 0.407 e. The highest BCUT2D eigenvalue weighted by Gasteiger charge is 2.19. The molecule has 1 unspecified atom stereocenters. The molecular formula is C17H24ClNO3. The second-order valence-corrected chi connectivity index (χ2v) is 6.92. The minimum atomic E-state index is -0.543. The first-order chi connectivity index (χ1) is 10.1. The predicted octanol–water partition coefficient (Wildman–Crippen LogP) is 3.92. The van der Waals surface area contributed by atoms with E-state index in [1.54, 1.807) is 33.8 Å². The first kappa shape index (κ1) is 18.5. The van der Waals surface area contributed by atoms with Gasteiger partial charge in [0.2, 0.25) is 0 Å². The van der Waals surface area contributed by atoms with Gasteiger partial charge in [-0.25, -0.2) is 4.79 Å². The maximum absolute atomic E-state index is 12.2. The number of carbonyl (C=O) groups excluding carboxylic acids is 2. The van der Waals surface area contributed by atoms with Crippen LogP contribution in [0, 0.1) is 12.8 Å². The van der Waals surface area contributed by atoms with E-state index in [0.717, 1.165) is 11.1 Å². The minimum absolute atomic E-state index is 0.0674. The molecule has 1 amide bonds. The topological polar surface area (TPSA) is 55.4 Å². The van der Waals surface area contributed by atoms with Crippen LogP contribution in [0.4, 0.5) is 4.79 Å². The van der Waals surface area contributed by atoms with E-state index in [0.29, 0.717) is 11.4 Å². The summed E-state index contributed by atoms with van der Waals surface area (Å²) < 4.78 is 5.14. The lowest BCUT2D eigenvalue weighted by Gasteiger charge is -2.20. The van der Waals surface area contributed by atoms with Crippen LogP contribution in [0.15, 0.2) is 18.2 Å². The number of benzene rings is 1. The number of carbonyl (C=O) groups is 2. The number of halogens is 1. The zero-order valence-electron chi connectivity index (χ0n) is 13.8. The molecule has 4 nitrogen and oxygen atoms in total. The number of ketones is 1. The Morgan fingerprint density at radius 3 is 2.50 bits per heavy atom. The molecule has 1 N–H and O–H groups in total. The maximum atomic E-state index is 12.2. The Morgan fingerprint density at radius 1 is 1.32 bits per heavy atom. The van der Waals surface area contributed by atoms with Crippen LogP contribution in [0.3, 0.4) is 0 Å². The predicted molar refractivity (Wildman–Crippen MR) is 88.3 cm³/mol. The highest BCUT2D eigenvalue weighted by atomic mass is 35.5. The summed E-state index contributed by atoms with van der Waals surface area (Å²) in [7, 11) is 0. The van der Waals surface area contributed by atoms with Crippen molar-refractivity contribution < 1.29 is 14.3 Å². The van der Waals surface area contributed by atoms with E-state index in [4.69, 9.17) is 16.3 Å². The molecule has 0 aliphatic carbocycles. The number of nitrogens with one attached hydrogen (secondary N) is 1. The number of hydrogen-bond donors (Lipinski definition) is 1. The SMILES string of the molecule is Cc1cc(CC(=O)C(C)CNC(=O)OC(C)(C)C)ccc1Cl. The lowest BCUT2D eigenvalue weighted by Crippen LogP contribution is -2.36. The number of hydrogen-bond acceptors (Lipinski definition) is 3. The zero-order chi connectivity index (χ0) is 16.9. The number of aryl methyl sites for hydroxylation is 1. The Morgan fingerprint density at radius 2 is 1.95 bits per heavy atom. The molecule has 122 valence electrons. The molecule has 0 aliphatic heterocycles. The van der Waals surface area contributed by atoms with E-state index in [2.05, 4.69) is 5.32 Å². The fourth-order valence-electron chi connectivity index (χ4n) is 1.86. The van der Waals surface area contributed by atoms with Crippen molar-refractivity contribution in [3.8, 4) is 0 Å². The van der Waals surface area contributed by atoms with Crippen LogP contribution in [0.1, 0.15) is 38.8 Å². The van der Waals surface area contributed by atoms with Gasteiger partial charge in [-0.15, -0.1) is 0 Å². The standard InChI is InChI=1S/C17H24ClNO3/c1-11-8-13(6-7-14(11)18)9-15(20)12(2)10-19-16(21)22-17(3,4)5/h6-8,12H,9-10H2,1-5H3,(H,19,21). The monoisotopic (exact) mass is 325 g/mol. The molecule has 0 spiro atoms. The summed E-state index contributed by atoms with van der Waals surface area (Å²) in [6.45, 7) is 9.35. The fraction of sp³-hybridized carbons (Fsp3) is 0.529. The van der Waals surface area contributed by atoms with Crippen LogP contribution >= 0.6 is 11.6 Å². The van der Waals surface area contributed by atoms with Crippen molar-refractivity contribution in [1.82, 2.24) is 5.32 Å². The molecule has 0 heterocycles. The van der Waals surface area contributed by atoms with Gasteiger partial charge in [0.25, 0.3) is 0 Å². The van der Waals surface area contributed by atoms with Crippen LogP contribution in [-0.2, 0) is 16.0 Å². The quantitative estimate of drug-likeness (QED) is 0.892. The van der Waals surface area contributed by atoms with Gasteiger partial charge < -0.3 is 10.1 Å². The highest BCUT2D eigenvalue weighted by Crippen LogP contribution is 2.17. The summed E-state index contributed by atoms with van der Waals surface area (Å²) >= 11 is 5.97. The molecule has 22 heavy (non-hydrogen) atoms. The molecule has 0 bridgehead atoms. The molecule has 0 radical (unpaired) electrons. The summed E-state index contributed by atoms with van der Waals surface area (Å²) in [6, 6.07) is 5.55. The van der Waals surface area contributed by atoms with Crippen molar-refractivity contribution >= 4 is 23.5 Å². The van der Waals surface area contributed by atoms with Crippen LogP contribution in [0.2, 0.25) is 5.02 Å². The lowest BCUT2D eigenvalue weighted by atomic mass is 9.98. The molecule has 5 heteroatoms. The number of ether oxygens (including phenoxy) is 1.